The minimum Gasteiger partial charge on any atom is -0.489 e. The van der Waals surface area contributed by atoms with Crippen LogP contribution in [-0.4, -0.2) is 5.91 Å². The van der Waals surface area contributed by atoms with E-state index in [1.165, 1.54) is 35.9 Å². The fourth-order valence-corrected chi connectivity index (χ4v) is 2.68. The molecule has 144 valence electrons. The van der Waals surface area contributed by atoms with Gasteiger partial charge in [-0.25, -0.2) is 4.39 Å². The van der Waals surface area contributed by atoms with Crippen molar-refractivity contribution in [3.05, 3.63) is 101 Å². The van der Waals surface area contributed by atoms with Gasteiger partial charge in [-0.15, -0.1) is 0 Å². The normalized spacial score (nSPS) is 10.9. The van der Waals surface area contributed by atoms with Crippen molar-refractivity contribution < 1.29 is 13.9 Å². The van der Waals surface area contributed by atoms with Gasteiger partial charge in [0.25, 0.3) is 5.91 Å². The molecule has 0 radical (unpaired) electrons. The average Bonchev–Trinajstić information content (AvgIpc) is 2.73. The second kappa shape index (κ2) is 9.34. The molecule has 1 N–H and O–H groups in total. The van der Waals surface area contributed by atoms with Gasteiger partial charge < -0.3 is 10.1 Å². The smallest absolute Gasteiger partial charge is 0.266 e. The van der Waals surface area contributed by atoms with E-state index in [2.05, 4.69) is 11.4 Å². The van der Waals surface area contributed by atoms with Crippen LogP contribution in [0.3, 0.4) is 0 Å². The van der Waals surface area contributed by atoms with Crippen LogP contribution in [-0.2, 0) is 11.4 Å². The Morgan fingerprint density at radius 3 is 2.48 bits per heavy atom. The Kier molecular flexibility index (Phi) is 6.39. The van der Waals surface area contributed by atoms with Crippen LogP contribution in [0.5, 0.6) is 5.75 Å². The summed E-state index contributed by atoms with van der Waals surface area (Å²) < 4.78 is 18.7. The number of aryl methyl sites for hydroxylation is 1. The first-order valence-electron chi connectivity index (χ1n) is 9.00. The maximum atomic E-state index is 13.0. The van der Waals surface area contributed by atoms with Crippen molar-refractivity contribution in [2.75, 3.05) is 5.32 Å². The number of benzene rings is 3. The van der Waals surface area contributed by atoms with E-state index in [-0.39, 0.29) is 5.57 Å². The molecule has 5 heteroatoms. The van der Waals surface area contributed by atoms with Gasteiger partial charge in [0, 0.05) is 5.69 Å². The first-order chi connectivity index (χ1) is 14.0. The summed E-state index contributed by atoms with van der Waals surface area (Å²) in [5.41, 5.74) is 3.31. The highest BCUT2D eigenvalue weighted by Gasteiger charge is 2.09. The van der Waals surface area contributed by atoms with Gasteiger partial charge in [0.15, 0.2) is 0 Å². The molecule has 3 aromatic rings. The maximum absolute atomic E-state index is 13.0. The van der Waals surface area contributed by atoms with Gasteiger partial charge in [0.1, 0.15) is 29.8 Å². The van der Waals surface area contributed by atoms with Crippen molar-refractivity contribution in [3.8, 4) is 11.8 Å². The Morgan fingerprint density at radius 2 is 1.83 bits per heavy atom. The summed E-state index contributed by atoms with van der Waals surface area (Å²) in [5.74, 6) is -0.263. The third-order valence-electron chi connectivity index (χ3n) is 4.15. The number of carbonyl (C=O) groups is 1. The van der Waals surface area contributed by atoms with Crippen molar-refractivity contribution in [1.29, 1.82) is 5.26 Å². The number of carbonyl (C=O) groups excluding carboxylic acids is 1. The molecule has 0 heterocycles. The SMILES string of the molecule is Cc1cccc(COc2ccc(C=C(C#N)C(=O)Nc3ccc(F)cc3)cc2)c1. The molecule has 0 saturated carbocycles. The number of halogens is 1. The Balaban J connectivity index is 1.64. The van der Waals surface area contributed by atoms with E-state index < -0.39 is 11.7 Å². The first-order valence-corrected chi connectivity index (χ1v) is 9.00. The number of amides is 1. The molecule has 3 rings (SSSR count). The third kappa shape index (κ3) is 5.78. The summed E-state index contributed by atoms with van der Waals surface area (Å²) >= 11 is 0. The van der Waals surface area contributed by atoms with Crippen molar-refractivity contribution >= 4 is 17.7 Å². The molecule has 0 aromatic heterocycles. The van der Waals surface area contributed by atoms with E-state index in [9.17, 15) is 14.4 Å². The molecular formula is C24H19FN2O2. The highest BCUT2D eigenvalue weighted by molar-refractivity contribution is 6.09. The lowest BCUT2D eigenvalue weighted by Gasteiger charge is -2.07. The van der Waals surface area contributed by atoms with E-state index in [4.69, 9.17) is 4.74 Å². The Labute approximate surface area is 168 Å². The number of nitrogens with zero attached hydrogens (tertiary/aromatic N) is 1. The van der Waals surface area contributed by atoms with Crippen molar-refractivity contribution in [3.63, 3.8) is 0 Å². The van der Waals surface area contributed by atoms with Gasteiger partial charge in [-0.05, 0) is 60.5 Å². The Hall–Kier alpha value is -3.91. The second-order valence-electron chi connectivity index (χ2n) is 6.48. The number of hydrogen-bond donors (Lipinski definition) is 1. The zero-order chi connectivity index (χ0) is 20.6. The average molecular weight is 386 g/mol. The lowest BCUT2D eigenvalue weighted by molar-refractivity contribution is -0.112. The van der Waals surface area contributed by atoms with E-state index in [1.54, 1.807) is 24.3 Å². The largest absolute Gasteiger partial charge is 0.489 e. The predicted octanol–water partition coefficient (Wildman–Crippen LogP) is 5.26. The van der Waals surface area contributed by atoms with Crippen molar-refractivity contribution in [2.24, 2.45) is 0 Å². The lowest BCUT2D eigenvalue weighted by Crippen LogP contribution is -2.13. The zero-order valence-electron chi connectivity index (χ0n) is 15.9. The molecule has 0 bridgehead atoms. The topological polar surface area (TPSA) is 62.1 Å². The first kappa shape index (κ1) is 19.8. The molecule has 0 fully saturated rings. The standard InChI is InChI=1S/C24H19FN2O2/c1-17-3-2-4-19(13-17)16-29-23-11-5-18(6-12-23)14-20(15-26)24(28)27-22-9-7-21(25)8-10-22/h2-14H,16H2,1H3,(H,27,28). The Bertz CT molecular complexity index is 1070. The zero-order valence-corrected chi connectivity index (χ0v) is 15.9. The van der Waals surface area contributed by atoms with E-state index in [0.29, 0.717) is 23.6 Å². The summed E-state index contributed by atoms with van der Waals surface area (Å²) in [4.78, 5) is 12.3. The van der Waals surface area contributed by atoms with Crippen LogP contribution in [0.25, 0.3) is 6.08 Å². The van der Waals surface area contributed by atoms with Crippen LogP contribution in [0.15, 0.2) is 78.4 Å². The van der Waals surface area contributed by atoms with Crippen molar-refractivity contribution in [2.45, 2.75) is 13.5 Å². The molecule has 0 aliphatic carbocycles. The van der Waals surface area contributed by atoms with Crippen LogP contribution in [0.1, 0.15) is 16.7 Å². The van der Waals surface area contributed by atoms with Crippen LogP contribution in [0, 0.1) is 24.1 Å². The van der Waals surface area contributed by atoms with Gasteiger partial charge in [0.2, 0.25) is 0 Å². The maximum Gasteiger partial charge on any atom is 0.266 e. The van der Waals surface area contributed by atoms with Crippen LogP contribution < -0.4 is 10.1 Å². The number of anilines is 1. The third-order valence-corrected chi connectivity index (χ3v) is 4.15. The molecule has 4 nitrogen and oxygen atoms in total. The monoisotopic (exact) mass is 386 g/mol. The fourth-order valence-electron chi connectivity index (χ4n) is 2.68. The molecule has 0 aliphatic heterocycles. The summed E-state index contributed by atoms with van der Waals surface area (Å²) in [5, 5.41) is 11.9. The summed E-state index contributed by atoms with van der Waals surface area (Å²) in [6.45, 7) is 2.49. The number of rotatable bonds is 6. The highest BCUT2D eigenvalue weighted by atomic mass is 19.1. The number of nitriles is 1. The molecule has 1 amide bonds. The molecular weight excluding hydrogens is 367 g/mol. The summed E-state index contributed by atoms with van der Waals surface area (Å²) in [6, 6.07) is 22.4. The highest BCUT2D eigenvalue weighted by Crippen LogP contribution is 2.17. The lowest BCUT2D eigenvalue weighted by atomic mass is 10.1. The molecule has 0 spiro atoms. The van der Waals surface area contributed by atoms with Crippen LogP contribution >= 0.6 is 0 Å². The van der Waals surface area contributed by atoms with Gasteiger partial charge in [-0.1, -0.05) is 42.0 Å². The van der Waals surface area contributed by atoms with Gasteiger partial charge >= 0.3 is 0 Å². The minimum atomic E-state index is -0.557. The number of ether oxygens (including phenoxy) is 1. The molecule has 0 saturated heterocycles. The minimum absolute atomic E-state index is 0.0530. The van der Waals surface area contributed by atoms with E-state index in [1.807, 2.05) is 31.2 Å². The van der Waals surface area contributed by atoms with Crippen molar-refractivity contribution in [1.82, 2.24) is 0 Å². The summed E-state index contributed by atoms with van der Waals surface area (Å²) in [7, 11) is 0. The molecule has 0 unspecified atom stereocenters. The van der Waals surface area contributed by atoms with Crippen LogP contribution in [0.2, 0.25) is 0 Å². The fraction of sp³-hybridized carbons (Fsp3) is 0.0833. The molecule has 0 atom stereocenters. The Morgan fingerprint density at radius 1 is 1.10 bits per heavy atom. The second-order valence-corrected chi connectivity index (χ2v) is 6.48. The summed E-state index contributed by atoms with van der Waals surface area (Å²) in [6.07, 6.45) is 1.49. The van der Waals surface area contributed by atoms with Crippen LogP contribution in [0.4, 0.5) is 10.1 Å². The molecule has 29 heavy (non-hydrogen) atoms. The quantitative estimate of drug-likeness (QED) is 0.464. The number of nitrogens with one attached hydrogen (secondary N) is 1. The number of hydrogen-bond acceptors (Lipinski definition) is 3. The van der Waals surface area contributed by atoms with Gasteiger partial charge in [-0.3, -0.25) is 4.79 Å². The molecule has 0 aliphatic rings. The molecule has 3 aromatic carbocycles. The van der Waals surface area contributed by atoms with E-state index in [0.717, 1.165) is 5.56 Å². The van der Waals surface area contributed by atoms with Gasteiger partial charge in [0.05, 0.1) is 0 Å². The predicted molar refractivity (Wildman–Crippen MR) is 111 cm³/mol. The van der Waals surface area contributed by atoms with Gasteiger partial charge in [-0.2, -0.15) is 5.26 Å². The van der Waals surface area contributed by atoms with E-state index >= 15 is 0 Å².